The molecule has 4 heteroatoms. The molecule has 0 fully saturated rings. The van der Waals surface area contributed by atoms with Crippen LogP contribution in [0.15, 0.2) is 36.4 Å². The number of rotatable bonds is 1. The van der Waals surface area contributed by atoms with Gasteiger partial charge in [-0.3, -0.25) is 0 Å². The molecule has 0 aliphatic heterocycles. The van der Waals surface area contributed by atoms with Gasteiger partial charge in [0.15, 0.2) is 0 Å². The smallest absolute Gasteiger partial charge is 0.337 e. The summed E-state index contributed by atoms with van der Waals surface area (Å²) >= 11 is 6.14. The van der Waals surface area contributed by atoms with Gasteiger partial charge in [0.05, 0.1) is 16.1 Å². The van der Waals surface area contributed by atoms with E-state index in [1.807, 2.05) is 24.3 Å². The summed E-state index contributed by atoms with van der Waals surface area (Å²) in [5, 5.41) is 11.4. The number of fused-ring (bicyclic) bond motifs is 3. The first-order valence-corrected chi connectivity index (χ1v) is 5.48. The second-order valence-electron chi connectivity index (χ2n) is 3.82. The van der Waals surface area contributed by atoms with Gasteiger partial charge in [-0.15, -0.1) is 0 Å². The normalized spacial score (nSPS) is 11.1. The van der Waals surface area contributed by atoms with Crippen molar-refractivity contribution in [2.45, 2.75) is 0 Å². The summed E-state index contributed by atoms with van der Waals surface area (Å²) in [6.45, 7) is 0. The lowest BCUT2D eigenvalue weighted by molar-refractivity contribution is 0.0699. The lowest BCUT2D eigenvalue weighted by Gasteiger charge is -1.99. The van der Waals surface area contributed by atoms with Gasteiger partial charge < -0.3 is 10.1 Å². The molecule has 2 N–H and O–H groups in total. The fourth-order valence-electron chi connectivity index (χ4n) is 2.09. The SMILES string of the molecule is O=C(O)c1ccc(Cl)c2c1[nH]c1ccccc12. The van der Waals surface area contributed by atoms with Crippen LogP contribution in [0.3, 0.4) is 0 Å². The molecule has 2 aromatic carbocycles. The summed E-state index contributed by atoms with van der Waals surface area (Å²) in [7, 11) is 0. The molecule has 3 aromatic rings. The first-order valence-electron chi connectivity index (χ1n) is 5.10. The van der Waals surface area contributed by atoms with Crippen LogP contribution in [0, 0.1) is 0 Å². The summed E-state index contributed by atoms with van der Waals surface area (Å²) in [5.41, 5.74) is 1.70. The third-order valence-corrected chi connectivity index (χ3v) is 3.16. The molecule has 0 bridgehead atoms. The number of benzene rings is 2. The van der Waals surface area contributed by atoms with Crippen LogP contribution in [-0.4, -0.2) is 16.1 Å². The Hall–Kier alpha value is -2.00. The maximum absolute atomic E-state index is 11.1. The number of carboxylic acids is 1. The molecule has 1 heterocycles. The highest BCUT2D eigenvalue weighted by Gasteiger charge is 2.14. The molecule has 84 valence electrons. The van der Waals surface area contributed by atoms with Gasteiger partial charge in [-0.25, -0.2) is 4.79 Å². The molecule has 17 heavy (non-hydrogen) atoms. The number of hydrogen-bond donors (Lipinski definition) is 2. The number of carbonyl (C=O) groups is 1. The fraction of sp³-hybridized carbons (Fsp3) is 0. The molecule has 0 unspecified atom stereocenters. The van der Waals surface area contributed by atoms with Gasteiger partial charge in [0.25, 0.3) is 0 Å². The van der Waals surface area contributed by atoms with Crippen molar-refractivity contribution in [2.75, 3.05) is 0 Å². The van der Waals surface area contributed by atoms with Crippen LogP contribution in [0.1, 0.15) is 10.4 Å². The molecule has 0 aliphatic carbocycles. The minimum atomic E-state index is -0.960. The number of hydrogen-bond acceptors (Lipinski definition) is 1. The van der Waals surface area contributed by atoms with Crippen LogP contribution >= 0.6 is 11.6 Å². The number of aromatic amines is 1. The number of aromatic carboxylic acids is 1. The first kappa shape index (κ1) is 10.2. The molecule has 0 saturated heterocycles. The van der Waals surface area contributed by atoms with Crippen molar-refractivity contribution in [1.82, 2.24) is 4.98 Å². The molecule has 0 aliphatic rings. The zero-order valence-corrected chi connectivity index (χ0v) is 9.45. The minimum absolute atomic E-state index is 0.237. The lowest BCUT2D eigenvalue weighted by Crippen LogP contribution is -1.97. The van der Waals surface area contributed by atoms with E-state index in [4.69, 9.17) is 16.7 Å². The van der Waals surface area contributed by atoms with Crippen molar-refractivity contribution >= 4 is 39.4 Å². The Kier molecular flexibility index (Phi) is 2.09. The van der Waals surface area contributed by atoms with E-state index in [1.54, 1.807) is 6.07 Å². The van der Waals surface area contributed by atoms with Crippen molar-refractivity contribution < 1.29 is 9.90 Å². The minimum Gasteiger partial charge on any atom is -0.478 e. The van der Waals surface area contributed by atoms with Gasteiger partial charge in [0, 0.05) is 16.3 Å². The first-order chi connectivity index (χ1) is 8.18. The summed E-state index contributed by atoms with van der Waals surface area (Å²) in [4.78, 5) is 14.2. The largest absolute Gasteiger partial charge is 0.478 e. The van der Waals surface area contributed by atoms with Crippen LogP contribution in [0.25, 0.3) is 21.8 Å². The average Bonchev–Trinajstić information content (AvgIpc) is 2.68. The molecule has 3 rings (SSSR count). The number of carboxylic acid groups (broad SMARTS) is 1. The van der Waals surface area contributed by atoms with Crippen molar-refractivity contribution in [3.63, 3.8) is 0 Å². The maximum atomic E-state index is 11.1. The second kappa shape index (κ2) is 3.50. The Morgan fingerprint density at radius 2 is 1.94 bits per heavy atom. The molecular weight excluding hydrogens is 238 g/mol. The molecular formula is C13H8ClNO2. The van der Waals surface area contributed by atoms with Crippen LogP contribution in [-0.2, 0) is 0 Å². The molecule has 3 nitrogen and oxygen atoms in total. The predicted octanol–water partition coefficient (Wildman–Crippen LogP) is 3.67. The Balaban J connectivity index is 2.58. The van der Waals surface area contributed by atoms with Crippen LogP contribution in [0.5, 0.6) is 0 Å². The lowest BCUT2D eigenvalue weighted by atomic mass is 10.1. The van der Waals surface area contributed by atoms with E-state index in [0.29, 0.717) is 10.5 Å². The Bertz CT molecular complexity index is 746. The third-order valence-electron chi connectivity index (χ3n) is 2.84. The van der Waals surface area contributed by atoms with E-state index in [0.717, 1.165) is 16.3 Å². The quantitative estimate of drug-likeness (QED) is 0.687. The topological polar surface area (TPSA) is 53.1 Å². The van der Waals surface area contributed by atoms with Gasteiger partial charge in [0.2, 0.25) is 0 Å². The highest BCUT2D eigenvalue weighted by atomic mass is 35.5. The fourth-order valence-corrected chi connectivity index (χ4v) is 2.35. The van der Waals surface area contributed by atoms with E-state index < -0.39 is 5.97 Å². The third kappa shape index (κ3) is 1.40. The van der Waals surface area contributed by atoms with Crippen LogP contribution < -0.4 is 0 Å². The molecule has 0 amide bonds. The Morgan fingerprint density at radius 1 is 1.18 bits per heavy atom. The van der Waals surface area contributed by atoms with E-state index in [1.165, 1.54) is 6.07 Å². The zero-order valence-electron chi connectivity index (χ0n) is 8.70. The maximum Gasteiger partial charge on any atom is 0.337 e. The highest BCUT2D eigenvalue weighted by molar-refractivity contribution is 6.38. The Morgan fingerprint density at radius 3 is 2.71 bits per heavy atom. The van der Waals surface area contributed by atoms with Crippen LogP contribution in [0.4, 0.5) is 0 Å². The molecule has 0 radical (unpaired) electrons. The van der Waals surface area contributed by atoms with Crippen molar-refractivity contribution in [3.8, 4) is 0 Å². The van der Waals surface area contributed by atoms with Crippen molar-refractivity contribution in [1.29, 1.82) is 0 Å². The highest BCUT2D eigenvalue weighted by Crippen LogP contribution is 2.33. The number of H-pyrrole nitrogens is 1. The van der Waals surface area contributed by atoms with Gasteiger partial charge in [-0.1, -0.05) is 29.8 Å². The van der Waals surface area contributed by atoms with E-state index in [9.17, 15) is 4.79 Å². The van der Waals surface area contributed by atoms with Crippen molar-refractivity contribution in [2.24, 2.45) is 0 Å². The van der Waals surface area contributed by atoms with E-state index in [2.05, 4.69) is 4.98 Å². The standard InChI is InChI=1S/C13H8ClNO2/c14-9-6-5-8(13(16)17)12-11(9)7-3-1-2-4-10(7)15-12/h1-6,15H,(H,16,17). The molecule has 0 saturated carbocycles. The second-order valence-corrected chi connectivity index (χ2v) is 4.23. The average molecular weight is 246 g/mol. The number of nitrogens with one attached hydrogen (secondary N) is 1. The van der Waals surface area contributed by atoms with Gasteiger partial charge in [0.1, 0.15) is 0 Å². The van der Waals surface area contributed by atoms with Crippen LogP contribution in [0.2, 0.25) is 5.02 Å². The molecule has 0 atom stereocenters. The van der Waals surface area contributed by atoms with Gasteiger partial charge >= 0.3 is 5.97 Å². The summed E-state index contributed by atoms with van der Waals surface area (Å²) < 4.78 is 0. The van der Waals surface area contributed by atoms with E-state index >= 15 is 0 Å². The number of halogens is 1. The predicted molar refractivity (Wildman–Crippen MR) is 67.8 cm³/mol. The molecule has 0 spiro atoms. The van der Waals surface area contributed by atoms with Crippen molar-refractivity contribution in [3.05, 3.63) is 47.0 Å². The monoisotopic (exact) mass is 245 g/mol. The summed E-state index contributed by atoms with van der Waals surface area (Å²) in [6.07, 6.45) is 0. The molecule has 1 aromatic heterocycles. The van der Waals surface area contributed by atoms with E-state index in [-0.39, 0.29) is 5.56 Å². The van der Waals surface area contributed by atoms with Gasteiger partial charge in [-0.05, 0) is 18.2 Å². The summed E-state index contributed by atoms with van der Waals surface area (Å²) in [6, 6.07) is 10.8. The summed E-state index contributed by atoms with van der Waals surface area (Å²) in [5.74, 6) is -0.960. The number of para-hydroxylation sites is 1. The Labute approximate surface area is 102 Å². The zero-order chi connectivity index (χ0) is 12.0. The van der Waals surface area contributed by atoms with Gasteiger partial charge in [-0.2, -0.15) is 0 Å². The number of aromatic nitrogens is 1.